The second-order valence-electron chi connectivity index (χ2n) is 4.89. The second kappa shape index (κ2) is 6.31. The van der Waals surface area contributed by atoms with Crippen LogP contribution in [0.3, 0.4) is 0 Å². The third-order valence-corrected chi connectivity index (χ3v) is 2.70. The number of aliphatic carboxylic acids is 1. The molecule has 0 unspecified atom stereocenters. The summed E-state index contributed by atoms with van der Waals surface area (Å²) in [6, 6.07) is 4.23. The number of benzene rings is 1. The highest BCUT2D eigenvalue weighted by atomic mass is 19.1. The standard InChI is InChI=1S/C14H18FNO3/c1-9(2)7-16(8-13(17)18)14(19)11-5-4-6-12(15)10(11)3/h4-6,9H,7-8H2,1-3H3,(H,17,18). The van der Waals surface area contributed by atoms with Crippen molar-refractivity contribution in [3.63, 3.8) is 0 Å². The molecule has 19 heavy (non-hydrogen) atoms. The quantitative estimate of drug-likeness (QED) is 0.890. The van der Waals surface area contributed by atoms with Gasteiger partial charge in [0.25, 0.3) is 5.91 Å². The number of carboxylic acids is 1. The number of rotatable bonds is 5. The van der Waals surface area contributed by atoms with Gasteiger partial charge in [-0.25, -0.2) is 4.39 Å². The molecule has 0 heterocycles. The van der Waals surface area contributed by atoms with Gasteiger partial charge in [0.1, 0.15) is 12.4 Å². The van der Waals surface area contributed by atoms with Crippen molar-refractivity contribution in [1.82, 2.24) is 4.90 Å². The lowest BCUT2D eigenvalue weighted by Crippen LogP contribution is -2.38. The number of hydrogen-bond donors (Lipinski definition) is 1. The van der Waals surface area contributed by atoms with Crippen molar-refractivity contribution in [1.29, 1.82) is 0 Å². The molecule has 0 spiro atoms. The molecule has 0 aliphatic heterocycles. The molecule has 1 rings (SSSR count). The summed E-state index contributed by atoms with van der Waals surface area (Å²) in [6.45, 7) is 5.23. The lowest BCUT2D eigenvalue weighted by atomic mass is 10.1. The van der Waals surface area contributed by atoms with Crippen LogP contribution in [-0.4, -0.2) is 35.0 Å². The van der Waals surface area contributed by atoms with Crippen LogP contribution in [0, 0.1) is 18.7 Å². The number of hydrogen-bond acceptors (Lipinski definition) is 2. The third kappa shape index (κ3) is 4.05. The van der Waals surface area contributed by atoms with Crippen LogP contribution < -0.4 is 0 Å². The average Bonchev–Trinajstić information content (AvgIpc) is 2.30. The van der Waals surface area contributed by atoms with Crippen molar-refractivity contribution in [2.24, 2.45) is 5.92 Å². The van der Waals surface area contributed by atoms with Crippen molar-refractivity contribution in [2.45, 2.75) is 20.8 Å². The SMILES string of the molecule is Cc1c(F)cccc1C(=O)N(CC(=O)O)CC(C)C. The number of halogens is 1. The lowest BCUT2D eigenvalue weighted by molar-refractivity contribution is -0.137. The maximum Gasteiger partial charge on any atom is 0.323 e. The average molecular weight is 267 g/mol. The van der Waals surface area contributed by atoms with E-state index >= 15 is 0 Å². The van der Waals surface area contributed by atoms with Gasteiger partial charge in [0.2, 0.25) is 0 Å². The molecule has 4 nitrogen and oxygen atoms in total. The molecule has 1 aromatic carbocycles. The summed E-state index contributed by atoms with van der Waals surface area (Å²) in [6.07, 6.45) is 0. The van der Waals surface area contributed by atoms with E-state index < -0.39 is 17.7 Å². The molecule has 104 valence electrons. The van der Waals surface area contributed by atoms with Gasteiger partial charge in [0.05, 0.1) is 0 Å². The van der Waals surface area contributed by atoms with Gasteiger partial charge in [-0.2, -0.15) is 0 Å². The molecule has 0 aliphatic carbocycles. The number of carbonyl (C=O) groups excluding carboxylic acids is 1. The van der Waals surface area contributed by atoms with Crippen molar-refractivity contribution in [2.75, 3.05) is 13.1 Å². The summed E-state index contributed by atoms with van der Waals surface area (Å²) in [5, 5.41) is 8.85. The van der Waals surface area contributed by atoms with Crippen LogP contribution in [0.1, 0.15) is 29.8 Å². The summed E-state index contributed by atoms with van der Waals surface area (Å²) in [5.74, 6) is -1.86. The molecule has 0 aliphatic rings. The predicted molar refractivity (Wildman–Crippen MR) is 69.5 cm³/mol. The van der Waals surface area contributed by atoms with Crippen LogP contribution in [0.25, 0.3) is 0 Å². The topological polar surface area (TPSA) is 57.6 Å². The smallest absolute Gasteiger partial charge is 0.323 e. The van der Waals surface area contributed by atoms with Crippen molar-refractivity contribution in [3.05, 3.63) is 35.1 Å². The molecule has 0 radical (unpaired) electrons. The van der Waals surface area contributed by atoms with Gasteiger partial charge in [-0.1, -0.05) is 19.9 Å². The molecule has 0 aromatic heterocycles. The highest BCUT2D eigenvalue weighted by Crippen LogP contribution is 2.15. The van der Waals surface area contributed by atoms with E-state index in [0.29, 0.717) is 6.54 Å². The van der Waals surface area contributed by atoms with Gasteiger partial charge in [0, 0.05) is 12.1 Å². The lowest BCUT2D eigenvalue weighted by Gasteiger charge is -2.23. The van der Waals surface area contributed by atoms with Gasteiger partial charge in [-0.3, -0.25) is 9.59 Å². The first kappa shape index (κ1) is 15.1. The molecule has 0 fully saturated rings. The summed E-state index contributed by atoms with van der Waals surface area (Å²) >= 11 is 0. The van der Waals surface area contributed by atoms with E-state index in [0.717, 1.165) is 0 Å². The molecule has 0 saturated carbocycles. The van der Waals surface area contributed by atoms with E-state index in [4.69, 9.17) is 5.11 Å². The highest BCUT2D eigenvalue weighted by molar-refractivity contribution is 5.97. The van der Waals surface area contributed by atoms with E-state index in [1.54, 1.807) is 0 Å². The molecule has 0 atom stereocenters. The Kier molecular flexibility index (Phi) is 5.03. The van der Waals surface area contributed by atoms with Crippen LogP contribution in [0.2, 0.25) is 0 Å². The highest BCUT2D eigenvalue weighted by Gasteiger charge is 2.21. The molecule has 0 bridgehead atoms. The Morgan fingerprint density at radius 3 is 2.53 bits per heavy atom. The summed E-state index contributed by atoms with van der Waals surface area (Å²) < 4.78 is 13.4. The summed E-state index contributed by atoms with van der Waals surface area (Å²) in [4.78, 5) is 24.3. The van der Waals surface area contributed by atoms with Crippen LogP contribution in [0.15, 0.2) is 18.2 Å². The molecule has 1 amide bonds. The zero-order valence-electron chi connectivity index (χ0n) is 11.3. The number of nitrogens with zero attached hydrogens (tertiary/aromatic N) is 1. The minimum absolute atomic E-state index is 0.136. The predicted octanol–water partition coefficient (Wildman–Crippen LogP) is 2.32. The second-order valence-corrected chi connectivity index (χ2v) is 4.89. The van der Waals surface area contributed by atoms with Crippen molar-refractivity contribution in [3.8, 4) is 0 Å². The van der Waals surface area contributed by atoms with Crippen LogP contribution >= 0.6 is 0 Å². The van der Waals surface area contributed by atoms with E-state index in [1.165, 1.54) is 30.0 Å². The molecule has 1 N–H and O–H groups in total. The fourth-order valence-electron chi connectivity index (χ4n) is 1.83. The minimum atomic E-state index is -1.08. The fraction of sp³-hybridized carbons (Fsp3) is 0.429. The molecule has 1 aromatic rings. The van der Waals surface area contributed by atoms with Gasteiger partial charge < -0.3 is 10.0 Å². The Bertz CT molecular complexity index is 486. The first-order valence-electron chi connectivity index (χ1n) is 6.09. The molecule has 0 saturated heterocycles. The van der Waals surface area contributed by atoms with Gasteiger partial charge >= 0.3 is 5.97 Å². The Hall–Kier alpha value is -1.91. The van der Waals surface area contributed by atoms with E-state index in [1.807, 2.05) is 13.8 Å². The van der Waals surface area contributed by atoms with E-state index in [2.05, 4.69) is 0 Å². The summed E-state index contributed by atoms with van der Waals surface area (Å²) in [7, 11) is 0. The van der Waals surface area contributed by atoms with Crippen molar-refractivity contribution < 1.29 is 19.1 Å². The van der Waals surface area contributed by atoms with Crippen LogP contribution in [-0.2, 0) is 4.79 Å². The largest absolute Gasteiger partial charge is 0.480 e. The fourth-order valence-corrected chi connectivity index (χ4v) is 1.83. The van der Waals surface area contributed by atoms with Crippen LogP contribution in [0.5, 0.6) is 0 Å². The van der Waals surface area contributed by atoms with E-state index in [-0.39, 0.29) is 23.6 Å². The zero-order chi connectivity index (χ0) is 14.6. The Balaban J connectivity index is 3.04. The Labute approximate surface area is 111 Å². The third-order valence-electron chi connectivity index (χ3n) is 2.70. The monoisotopic (exact) mass is 267 g/mol. The minimum Gasteiger partial charge on any atom is -0.480 e. The van der Waals surface area contributed by atoms with Gasteiger partial charge in [0.15, 0.2) is 0 Å². The number of carbonyl (C=O) groups is 2. The first-order valence-corrected chi connectivity index (χ1v) is 6.09. The normalized spacial score (nSPS) is 10.6. The van der Waals surface area contributed by atoms with Crippen molar-refractivity contribution >= 4 is 11.9 Å². The van der Waals surface area contributed by atoms with Gasteiger partial charge in [-0.15, -0.1) is 0 Å². The Morgan fingerprint density at radius 2 is 2.00 bits per heavy atom. The summed E-state index contributed by atoms with van der Waals surface area (Å²) in [5.41, 5.74) is 0.452. The molecular formula is C14H18FNO3. The maximum atomic E-state index is 13.4. The maximum absolute atomic E-state index is 13.4. The first-order chi connectivity index (χ1) is 8.82. The molecule has 5 heteroatoms. The number of amides is 1. The Morgan fingerprint density at radius 1 is 1.37 bits per heavy atom. The van der Waals surface area contributed by atoms with Gasteiger partial charge in [-0.05, 0) is 30.5 Å². The zero-order valence-corrected chi connectivity index (χ0v) is 11.3. The van der Waals surface area contributed by atoms with Crippen LogP contribution in [0.4, 0.5) is 4.39 Å². The number of carboxylic acid groups (broad SMARTS) is 1. The van der Waals surface area contributed by atoms with E-state index in [9.17, 15) is 14.0 Å². The molecular weight excluding hydrogens is 249 g/mol.